The average Bonchev–Trinajstić information content (AvgIpc) is 3.20. The first-order valence-electron chi connectivity index (χ1n) is 10.6. The highest BCUT2D eigenvalue weighted by Crippen LogP contribution is 2.29. The number of carbonyl (C=O) groups excluding carboxylic acids is 1. The van der Waals surface area contributed by atoms with Crippen molar-refractivity contribution in [3.63, 3.8) is 0 Å². The molecule has 8 nitrogen and oxygen atoms in total. The predicted molar refractivity (Wildman–Crippen MR) is 124 cm³/mol. The van der Waals surface area contributed by atoms with Crippen molar-refractivity contribution in [2.24, 2.45) is 5.92 Å². The highest BCUT2D eigenvalue weighted by Gasteiger charge is 2.29. The van der Waals surface area contributed by atoms with Crippen LogP contribution in [-0.4, -0.2) is 42.9 Å². The van der Waals surface area contributed by atoms with Crippen LogP contribution in [-0.2, 0) is 23.0 Å². The number of hydrogen-bond acceptors (Lipinski definition) is 5. The van der Waals surface area contributed by atoms with Crippen LogP contribution in [0, 0.1) is 5.92 Å². The Balaban J connectivity index is 1.52. The molecule has 0 radical (unpaired) electrons. The van der Waals surface area contributed by atoms with Crippen molar-refractivity contribution in [3.05, 3.63) is 70.1 Å². The van der Waals surface area contributed by atoms with Gasteiger partial charge in [-0.25, -0.2) is 13.1 Å². The quantitative estimate of drug-likeness (QED) is 0.590. The van der Waals surface area contributed by atoms with Crippen molar-refractivity contribution in [2.75, 3.05) is 23.1 Å². The Hall–Kier alpha value is -3.20. The second kappa shape index (κ2) is 8.74. The minimum absolute atomic E-state index is 0.0564. The average molecular weight is 455 g/mol. The Morgan fingerprint density at radius 3 is 2.53 bits per heavy atom. The molecule has 0 saturated carbocycles. The van der Waals surface area contributed by atoms with E-state index in [2.05, 4.69) is 10.4 Å². The molecule has 1 N–H and O–H groups in total. The molecule has 0 saturated heterocycles. The van der Waals surface area contributed by atoms with E-state index < -0.39 is 15.9 Å². The minimum atomic E-state index is -3.58. The van der Waals surface area contributed by atoms with Gasteiger partial charge in [0.2, 0.25) is 10.0 Å². The number of nitrogens with one attached hydrogen (secondary N) is 1. The zero-order chi connectivity index (χ0) is 22.9. The van der Waals surface area contributed by atoms with Gasteiger partial charge in [-0.3, -0.25) is 13.9 Å². The maximum Gasteiger partial charge on any atom is 0.274 e. The Labute approximate surface area is 186 Å². The second-order valence-corrected chi connectivity index (χ2v) is 10.3. The van der Waals surface area contributed by atoms with Crippen LogP contribution < -0.4 is 15.2 Å². The molecule has 0 fully saturated rings. The highest BCUT2D eigenvalue weighted by molar-refractivity contribution is 7.92. The third-order valence-electron chi connectivity index (χ3n) is 5.45. The van der Waals surface area contributed by atoms with Crippen LogP contribution in [0.5, 0.6) is 0 Å². The van der Waals surface area contributed by atoms with E-state index in [9.17, 15) is 18.0 Å². The monoisotopic (exact) mass is 454 g/mol. The smallest absolute Gasteiger partial charge is 0.274 e. The molecule has 1 aromatic heterocycles. The predicted octanol–water partition coefficient (Wildman–Crippen LogP) is 2.17. The van der Waals surface area contributed by atoms with Crippen LogP contribution in [0.1, 0.15) is 29.9 Å². The lowest BCUT2D eigenvalue weighted by molar-refractivity contribution is 0.0950. The third-order valence-corrected chi connectivity index (χ3v) is 7.22. The first-order chi connectivity index (χ1) is 15.3. The minimum Gasteiger partial charge on any atom is -0.350 e. The summed E-state index contributed by atoms with van der Waals surface area (Å²) < 4.78 is 28.4. The van der Waals surface area contributed by atoms with Gasteiger partial charge in [-0.2, -0.15) is 5.10 Å². The zero-order valence-corrected chi connectivity index (χ0v) is 18.9. The molecule has 3 aromatic rings. The normalized spacial score (nSPS) is 13.5. The maximum atomic E-state index is 12.9. The highest BCUT2D eigenvalue weighted by atomic mass is 32.2. The van der Waals surface area contributed by atoms with Gasteiger partial charge in [0.15, 0.2) is 5.69 Å². The largest absolute Gasteiger partial charge is 0.350 e. The lowest BCUT2D eigenvalue weighted by Gasteiger charge is -2.19. The fourth-order valence-electron chi connectivity index (χ4n) is 3.96. The molecule has 0 atom stereocenters. The Morgan fingerprint density at radius 1 is 1.09 bits per heavy atom. The van der Waals surface area contributed by atoms with Gasteiger partial charge >= 0.3 is 0 Å². The van der Waals surface area contributed by atoms with Gasteiger partial charge in [-0.05, 0) is 30.0 Å². The van der Waals surface area contributed by atoms with Crippen LogP contribution in [0.4, 0.5) is 5.69 Å². The number of rotatable bonds is 7. The summed E-state index contributed by atoms with van der Waals surface area (Å²) >= 11 is 0. The molecular formula is C23H26N4O4S. The summed E-state index contributed by atoms with van der Waals surface area (Å²) in [5, 5.41) is 7.83. The maximum absolute atomic E-state index is 12.9. The number of aromatic nitrogens is 2. The van der Waals surface area contributed by atoms with Crippen LogP contribution in [0.3, 0.4) is 0 Å². The summed E-state index contributed by atoms with van der Waals surface area (Å²) in [6.07, 6.45) is 0.676. The van der Waals surface area contributed by atoms with E-state index in [0.29, 0.717) is 36.0 Å². The van der Waals surface area contributed by atoms with E-state index in [1.54, 1.807) is 30.3 Å². The van der Waals surface area contributed by atoms with Crippen molar-refractivity contribution in [2.45, 2.75) is 26.8 Å². The zero-order valence-electron chi connectivity index (χ0n) is 18.1. The topological polar surface area (TPSA) is 101 Å². The van der Waals surface area contributed by atoms with Gasteiger partial charge in [0, 0.05) is 25.0 Å². The molecule has 0 bridgehead atoms. The molecule has 0 unspecified atom stereocenters. The molecule has 4 rings (SSSR count). The van der Waals surface area contributed by atoms with Gasteiger partial charge in [0.1, 0.15) is 0 Å². The van der Waals surface area contributed by atoms with Crippen LogP contribution in [0.15, 0.2) is 53.3 Å². The number of carbonyl (C=O) groups is 1. The summed E-state index contributed by atoms with van der Waals surface area (Å²) in [4.78, 5) is 25.6. The van der Waals surface area contributed by atoms with Gasteiger partial charge in [-0.15, -0.1) is 0 Å². The van der Waals surface area contributed by atoms with E-state index in [4.69, 9.17) is 0 Å². The summed E-state index contributed by atoms with van der Waals surface area (Å²) in [7, 11) is -3.58. The van der Waals surface area contributed by atoms with Gasteiger partial charge in [-0.1, -0.05) is 50.2 Å². The number of benzene rings is 2. The molecule has 1 aliphatic heterocycles. The lowest BCUT2D eigenvalue weighted by Crippen LogP contribution is -2.38. The van der Waals surface area contributed by atoms with Crippen molar-refractivity contribution in [3.8, 4) is 0 Å². The molecular weight excluding hydrogens is 428 g/mol. The molecule has 1 aliphatic rings. The summed E-state index contributed by atoms with van der Waals surface area (Å²) in [5.74, 6) is -0.558. The molecule has 2 aromatic carbocycles. The Kier molecular flexibility index (Phi) is 6.01. The molecule has 2 heterocycles. The molecule has 168 valence electrons. The standard InChI is InChI=1S/C23H26N4O4S/c1-16(2)15-26-23(29)19-9-5-4-8-18(19)21(25-26)22(28)24-12-14-32(30,31)27-13-11-17-7-3-6-10-20(17)27/h3-10,16H,11-15H2,1-2H3,(H,24,28). The van der Waals surface area contributed by atoms with Crippen molar-refractivity contribution >= 4 is 32.4 Å². The fraction of sp³-hybridized carbons (Fsp3) is 0.348. The van der Waals surface area contributed by atoms with Crippen molar-refractivity contribution < 1.29 is 13.2 Å². The summed E-state index contributed by atoms with van der Waals surface area (Å²) in [6, 6.07) is 14.3. The number of anilines is 1. The van der Waals surface area contributed by atoms with Gasteiger partial charge in [0.25, 0.3) is 11.5 Å². The third kappa shape index (κ3) is 4.25. The van der Waals surface area contributed by atoms with Crippen LogP contribution >= 0.6 is 0 Å². The fourth-order valence-corrected chi connectivity index (χ4v) is 5.38. The molecule has 0 aliphatic carbocycles. The van der Waals surface area contributed by atoms with E-state index in [1.807, 2.05) is 32.0 Å². The van der Waals surface area contributed by atoms with Crippen LogP contribution in [0.2, 0.25) is 0 Å². The number of hydrogen-bond donors (Lipinski definition) is 1. The lowest BCUT2D eigenvalue weighted by atomic mass is 10.1. The number of fused-ring (bicyclic) bond motifs is 2. The first-order valence-corrected chi connectivity index (χ1v) is 12.3. The van der Waals surface area contributed by atoms with Crippen molar-refractivity contribution in [1.29, 1.82) is 0 Å². The van der Waals surface area contributed by atoms with E-state index in [-0.39, 0.29) is 29.5 Å². The molecule has 9 heteroatoms. The molecule has 1 amide bonds. The number of nitrogens with zero attached hydrogens (tertiary/aromatic N) is 3. The Bertz CT molecular complexity index is 1330. The Morgan fingerprint density at radius 2 is 1.78 bits per heavy atom. The summed E-state index contributed by atoms with van der Waals surface area (Å²) in [6.45, 7) is 4.66. The molecule has 32 heavy (non-hydrogen) atoms. The first kappa shape index (κ1) is 22.0. The second-order valence-electron chi connectivity index (χ2n) is 8.30. The van der Waals surface area contributed by atoms with E-state index in [0.717, 1.165) is 5.56 Å². The SMILES string of the molecule is CC(C)Cn1nc(C(=O)NCCS(=O)(=O)N2CCc3ccccc32)c2ccccc2c1=O. The van der Waals surface area contributed by atoms with Crippen molar-refractivity contribution in [1.82, 2.24) is 15.1 Å². The number of sulfonamides is 1. The van der Waals surface area contributed by atoms with Gasteiger partial charge in [0.05, 0.1) is 16.8 Å². The van der Waals surface area contributed by atoms with E-state index >= 15 is 0 Å². The van der Waals surface area contributed by atoms with Crippen LogP contribution in [0.25, 0.3) is 10.8 Å². The summed E-state index contributed by atoms with van der Waals surface area (Å²) in [5.41, 5.74) is 1.57. The van der Waals surface area contributed by atoms with Gasteiger partial charge < -0.3 is 5.32 Å². The molecule has 0 spiro atoms. The number of amides is 1. The van der Waals surface area contributed by atoms with E-state index in [1.165, 1.54) is 8.99 Å². The number of para-hydroxylation sites is 1.